The molecule has 1 rings (SSSR count). The molecule has 0 aliphatic heterocycles. The molecule has 1 saturated carbocycles. The lowest BCUT2D eigenvalue weighted by Gasteiger charge is -2.38. The van der Waals surface area contributed by atoms with Crippen LogP contribution in [0.4, 0.5) is 0 Å². The molecule has 0 aromatic heterocycles. The maximum Gasteiger partial charge on any atom is 0.0587 e. The fourth-order valence-electron chi connectivity index (χ4n) is 2.95. The third-order valence-electron chi connectivity index (χ3n) is 4.59. The molecule has 1 fully saturated rings. The second-order valence-electron chi connectivity index (χ2n) is 5.79. The smallest absolute Gasteiger partial charge is 0.0587 e. The quantitative estimate of drug-likeness (QED) is 0.675. The molecular formula is C15H32N2O. The molecule has 1 aliphatic carbocycles. The van der Waals surface area contributed by atoms with Gasteiger partial charge in [-0.3, -0.25) is 4.90 Å². The van der Waals surface area contributed by atoms with Gasteiger partial charge in [0.25, 0.3) is 0 Å². The second kappa shape index (κ2) is 8.89. The molecule has 0 aromatic carbocycles. The van der Waals surface area contributed by atoms with Gasteiger partial charge in [0.1, 0.15) is 0 Å². The summed E-state index contributed by atoms with van der Waals surface area (Å²) in [6.45, 7) is 7.48. The summed E-state index contributed by atoms with van der Waals surface area (Å²) in [6.07, 6.45) is 6.99. The van der Waals surface area contributed by atoms with E-state index in [-0.39, 0.29) is 0 Å². The van der Waals surface area contributed by atoms with Crippen molar-refractivity contribution in [2.45, 2.75) is 58.0 Å². The van der Waals surface area contributed by atoms with Gasteiger partial charge in [0.05, 0.1) is 6.61 Å². The van der Waals surface area contributed by atoms with Gasteiger partial charge in [-0.25, -0.2) is 0 Å². The minimum Gasteiger partial charge on any atom is -0.383 e. The van der Waals surface area contributed by atoms with Crippen LogP contribution in [0, 0.1) is 5.92 Å². The molecule has 3 heteroatoms. The first-order valence-corrected chi connectivity index (χ1v) is 7.60. The van der Waals surface area contributed by atoms with Crippen molar-refractivity contribution in [1.82, 2.24) is 10.2 Å². The van der Waals surface area contributed by atoms with Crippen molar-refractivity contribution in [3.05, 3.63) is 0 Å². The van der Waals surface area contributed by atoms with Crippen LogP contribution in [-0.4, -0.2) is 50.8 Å². The van der Waals surface area contributed by atoms with Crippen LogP contribution in [0.1, 0.15) is 46.0 Å². The van der Waals surface area contributed by atoms with Crippen LogP contribution in [0.25, 0.3) is 0 Å². The van der Waals surface area contributed by atoms with Crippen LogP contribution in [0.2, 0.25) is 0 Å². The number of hydrogen-bond donors (Lipinski definition) is 1. The van der Waals surface area contributed by atoms with Crippen molar-refractivity contribution in [2.24, 2.45) is 5.92 Å². The summed E-state index contributed by atoms with van der Waals surface area (Å²) in [4.78, 5) is 2.58. The maximum atomic E-state index is 5.05. The van der Waals surface area contributed by atoms with E-state index in [9.17, 15) is 0 Å². The van der Waals surface area contributed by atoms with E-state index in [1.807, 2.05) is 0 Å². The molecule has 0 radical (unpaired) electrons. The van der Waals surface area contributed by atoms with Crippen LogP contribution in [-0.2, 0) is 4.74 Å². The normalized spacial score (nSPS) is 26.5. The van der Waals surface area contributed by atoms with Gasteiger partial charge in [-0.15, -0.1) is 0 Å². The molecule has 1 atom stereocenters. The van der Waals surface area contributed by atoms with E-state index < -0.39 is 0 Å². The molecule has 18 heavy (non-hydrogen) atoms. The summed E-state index contributed by atoms with van der Waals surface area (Å²) in [6, 6.07) is 1.41. The second-order valence-corrected chi connectivity index (χ2v) is 5.79. The number of nitrogens with zero attached hydrogens (tertiary/aromatic N) is 1. The number of rotatable bonds is 8. The molecule has 1 unspecified atom stereocenters. The van der Waals surface area contributed by atoms with E-state index in [2.05, 4.69) is 31.1 Å². The molecule has 0 bridgehead atoms. The Hall–Kier alpha value is -0.120. The summed E-state index contributed by atoms with van der Waals surface area (Å²) in [5.74, 6) is 0.991. The Kier molecular flexibility index (Phi) is 7.87. The summed E-state index contributed by atoms with van der Waals surface area (Å²) >= 11 is 0. The van der Waals surface area contributed by atoms with Gasteiger partial charge in [-0.05, 0) is 45.6 Å². The summed E-state index contributed by atoms with van der Waals surface area (Å²) < 4.78 is 5.05. The monoisotopic (exact) mass is 256 g/mol. The zero-order chi connectivity index (χ0) is 13.4. The molecular weight excluding hydrogens is 224 g/mol. The number of ether oxygens (including phenoxy) is 1. The van der Waals surface area contributed by atoms with Crippen molar-refractivity contribution in [3.63, 3.8) is 0 Å². The first-order valence-electron chi connectivity index (χ1n) is 7.60. The Morgan fingerprint density at radius 1 is 1.28 bits per heavy atom. The molecule has 0 amide bonds. The largest absolute Gasteiger partial charge is 0.383 e. The fourth-order valence-corrected chi connectivity index (χ4v) is 2.95. The third kappa shape index (κ3) is 5.25. The molecule has 0 spiro atoms. The highest BCUT2D eigenvalue weighted by Gasteiger charge is 2.25. The van der Waals surface area contributed by atoms with Crippen molar-refractivity contribution in [2.75, 3.05) is 33.9 Å². The zero-order valence-electron chi connectivity index (χ0n) is 12.7. The predicted molar refractivity (Wildman–Crippen MR) is 78.0 cm³/mol. The number of nitrogens with one attached hydrogen (secondary N) is 1. The lowest BCUT2D eigenvalue weighted by atomic mass is 9.84. The minimum atomic E-state index is 0.616. The number of methoxy groups -OCH3 is 1. The van der Waals surface area contributed by atoms with Crippen LogP contribution < -0.4 is 5.32 Å². The average Bonchev–Trinajstić information content (AvgIpc) is 2.42. The van der Waals surface area contributed by atoms with E-state index in [0.717, 1.165) is 31.7 Å². The van der Waals surface area contributed by atoms with Crippen molar-refractivity contribution in [3.8, 4) is 0 Å². The first-order chi connectivity index (χ1) is 8.69. The van der Waals surface area contributed by atoms with Gasteiger partial charge in [0.2, 0.25) is 0 Å². The van der Waals surface area contributed by atoms with Gasteiger partial charge in [0, 0.05) is 32.3 Å². The summed E-state index contributed by atoms with van der Waals surface area (Å²) in [7, 11) is 4.04. The van der Waals surface area contributed by atoms with E-state index in [4.69, 9.17) is 4.74 Å². The average molecular weight is 256 g/mol. The van der Waals surface area contributed by atoms with E-state index >= 15 is 0 Å². The van der Waals surface area contributed by atoms with Crippen LogP contribution >= 0.6 is 0 Å². The molecule has 3 nitrogen and oxygen atoms in total. The number of hydrogen-bond acceptors (Lipinski definition) is 3. The Bertz CT molecular complexity index is 203. The van der Waals surface area contributed by atoms with Crippen LogP contribution in [0.15, 0.2) is 0 Å². The summed E-state index contributed by atoms with van der Waals surface area (Å²) in [5.41, 5.74) is 0. The highest BCUT2D eigenvalue weighted by molar-refractivity contribution is 4.81. The Morgan fingerprint density at radius 3 is 2.50 bits per heavy atom. The van der Waals surface area contributed by atoms with E-state index in [1.165, 1.54) is 32.1 Å². The minimum absolute atomic E-state index is 0.616. The third-order valence-corrected chi connectivity index (χ3v) is 4.59. The first kappa shape index (κ1) is 15.9. The Labute approximate surface area is 113 Å². The van der Waals surface area contributed by atoms with Gasteiger partial charge >= 0.3 is 0 Å². The molecule has 1 N–H and O–H groups in total. The van der Waals surface area contributed by atoms with E-state index in [1.54, 1.807) is 7.11 Å². The summed E-state index contributed by atoms with van der Waals surface area (Å²) in [5, 5.41) is 3.46. The molecule has 0 heterocycles. The van der Waals surface area contributed by atoms with Gasteiger partial charge in [0.15, 0.2) is 0 Å². The van der Waals surface area contributed by atoms with Crippen molar-refractivity contribution in [1.29, 1.82) is 0 Å². The molecule has 1 aliphatic rings. The van der Waals surface area contributed by atoms with Gasteiger partial charge in [-0.1, -0.05) is 13.3 Å². The topological polar surface area (TPSA) is 24.5 Å². The molecule has 0 aromatic rings. The van der Waals surface area contributed by atoms with Gasteiger partial charge < -0.3 is 10.1 Å². The highest BCUT2D eigenvalue weighted by Crippen LogP contribution is 2.29. The van der Waals surface area contributed by atoms with Crippen LogP contribution in [0.3, 0.4) is 0 Å². The fraction of sp³-hybridized carbons (Fsp3) is 1.00. The lowest BCUT2D eigenvalue weighted by molar-refractivity contribution is 0.123. The predicted octanol–water partition coefficient (Wildman–Crippen LogP) is 2.51. The SMILES string of the molecule is CCC1CCC(N(C)C(C)CNCCOC)CC1. The van der Waals surface area contributed by atoms with E-state index in [0.29, 0.717) is 6.04 Å². The maximum absolute atomic E-state index is 5.05. The van der Waals surface area contributed by atoms with Crippen molar-refractivity contribution >= 4 is 0 Å². The Balaban J connectivity index is 2.20. The standard InChI is InChI=1S/C15H32N2O/c1-5-14-6-8-15(9-7-14)17(3)13(2)12-16-10-11-18-4/h13-16H,5-12H2,1-4H3. The molecule has 0 saturated heterocycles. The molecule has 108 valence electrons. The zero-order valence-corrected chi connectivity index (χ0v) is 12.7. The van der Waals surface area contributed by atoms with Gasteiger partial charge in [-0.2, -0.15) is 0 Å². The highest BCUT2D eigenvalue weighted by atomic mass is 16.5. The number of likely N-dealkylation sites (N-methyl/N-ethyl adjacent to an activating group) is 1. The Morgan fingerprint density at radius 2 is 1.94 bits per heavy atom. The van der Waals surface area contributed by atoms with Crippen molar-refractivity contribution < 1.29 is 4.74 Å². The lowest BCUT2D eigenvalue weighted by Crippen LogP contribution is -2.45. The van der Waals surface area contributed by atoms with Crippen LogP contribution in [0.5, 0.6) is 0 Å².